The van der Waals surface area contributed by atoms with E-state index in [0.29, 0.717) is 30.0 Å². The Morgan fingerprint density at radius 1 is 1.06 bits per heavy atom. The zero-order valence-electron chi connectivity index (χ0n) is 21.6. The lowest BCUT2D eigenvalue weighted by molar-refractivity contribution is -0.162. The lowest BCUT2D eigenvalue weighted by atomic mass is 9.44. The predicted molar refractivity (Wildman–Crippen MR) is 129 cm³/mol. The molecule has 0 aromatic carbocycles. The van der Waals surface area contributed by atoms with Gasteiger partial charge in [-0.15, -0.1) is 0 Å². The summed E-state index contributed by atoms with van der Waals surface area (Å²) in [7, 11) is 0. The molecule has 186 valence electrons. The Balaban J connectivity index is 1.43. The van der Waals surface area contributed by atoms with E-state index in [1.54, 1.807) is 6.08 Å². The third kappa shape index (κ3) is 3.40. The molecule has 0 amide bonds. The van der Waals surface area contributed by atoms with E-state index in [2.05, 4.69) is 13.8 Å². The number of allylic oxidation sites excluding steroid dienone is 1. The van der Waals surface area contributed by atoms with Crippen LogP contribution in [0.4, 0.5) is 0 Å². The average Bonchev–Trinajstić information content (AvgIpc) is 3.23. The molecule has 0 bridgehead atoms. The third-order valence-corrected chi connectivity index (χ3v) is 10.4. The highest BCUT2D eigenvalue weighted by atomic mass is 16.5. The Labute approximate surface area is 203 Å². The van der Waals surface area contributed by atoms with Crippen molar-refractivity contribution in [1.29, 1.82) is 0 Å². The summed E-state index contributed by atoms with van der Waals surface area (Å²) in [5, 5.41) is 0. The Morgan fingerprint density at radius 3 is 2.47 bits per heavy atom. The lowest BCUT2D eigenvalue weighted by Gasteiger charge is -2.59. The summed E-state index contributed by atoms with van der Waals surface area (Å²) in [4.78, 5) is 38.3. The van der Waals surface area contributed by atoms with Crippen LogP contribution in [-0.4, -0.2) is 35.8 Å². The summed E-state index contributed by atoms with van der Waals surface area (Å²) in [5.74, 6) is 1.85. The summed E-state index contributed by atoms with van der Waals surface area (Å²) in [5.41, 5.74) is 2.69. The van der Waals surface area contributed by atoms with Crippen LogP contribution < -0.4 is 0 Å². The van der Waals surface area contributed by atoms with Crippen LogP contribution in [0.3, 0.4) is 0 Å². The second-order valence-electron chi connectivity index (χ2n) is 12.5. The molecule has 0 saturated heterocycles. The van der Waals surface area contributed by atoms with E-state index in [4.69, 9.17) is 9.47 Å². The van der Waals surface area contributed by atoms with Gasteiger partial charge in [-0.2, -0.15) is 0 Å². The number of fused-ring (bicyclic) bond motifs is 7. The second kappa shape index (κ2) is 8.15. The lowest BCUT2D eigenvalue weighted by Crippen LogP contribution is -2.56. The van der Waals surface area contributed by atoms with Gasteiger partial charge < -0.3 is 9.47 Å². The number of hydrogen-bond donors (Lipinski definition) is 0. The molecule has 0 N–H and O–H groups in total. The minimum Gasteiger partial charge on any atom is -0.463 e. The zero-order chi connectivity index (χ0) is 24.6. The van der Waals surface area contributed by atoms with Crippen molar-refractivity contribution >= 4 is 17.5 Å². The fourth-order valence-corrected chi connectivity index (χ4v) is 8.93. The Bertz CT molecular complexity index is 986. The van der Waals surface area contributed by atoms with Gasteiger partial charge in [0, 0.05) is 13.3 Å². The van der Waals surface area contributed by atoms with Gasteiger partial charge >= 0.3 is 5.97 Å². The van der Waals surface area contributed by atoms with Crippen molar-refractivity contribution in [3.8, 4) is 0 Å². The minimum absolute atomic E-state index is 0.00163. The smallest absolute Gasteiger partial charge is 0.302 e. The maximum atomic E-state index is 14.0. The first-order valence-electron chi connectivity index (χ1n) is 13.2. The summed E-state index contributed by atoms with van der Waals surface area (Å²) < 4.78 is 11.9. The molecule has 5 nitrogen and oxygen atoms in total. The van der Waals surface area contributed by atoms with Crippen molar-refractivity contribution in [2.45, 2.75) is 105 Å². The maximum absolute atomic E-state index is 14.0. The molecule has 9 atom stereocenters. The summed E-state index contributed by atoms with van der Waals surface area (Å²) in [6.07, 6.45) is 7.65. The Kier molecular flexibility index (Phi) is 5.74. The molecular weight excluding hydrogens is 428 g/mol. The van der Waals surface area contributed by atoms with Crippen LogP contribution in [0, 0.1) is 34.5 Å². The van der Waals surface area contributed by atoms with Gasteiger partial charge in [0.15, 0.2) is 5.78 Å². The highest BCUT2D eigenvalue weighted by molar-refractivity contribution is 5.98. The van der Waals surface area contributed by atoms with Gasteiger partial charge in [0.25, 0.3) is 0 Å². The molecule has 4 saturated carbocycles. The van der Waals surface area contributed by atoms with Crippen molar-refractivity contribution in [2.75, 3.05) is 0 Å². The van der Waals surface area contributed by atoms with Gasteiger partial charge in [0.1, 0.15) is 18.0 Å². The fourth-order valence-electron chi connectivity index (χ4n) is 8.93. The number of ether oxygens (including phenoxy) is 2. The van der Waals surface area contributed by atoms with Gasteiger partial charge in [-0.3, -0.25) is 14.4 Å². The SMILES string of the molecule is CC(=O)O[C@H]1CC[C@@]2(C)C(CCC3C4C[C@@H]5OC(C(=O)C=C(C)C)C(C)=C5[C@@]4(C)C(=O)CC32)C1. The van der Waals surface area contributed by atoms with Crippen molar-refractivity contribution in [3.63, 3.8) is 0 Å². The number of esters is 1. The molecule has 0 aromatic rings. The number of carbonyl (C=O) groups excluding carboxylic acids is 3. The summed E-state index contributed by atoms with van der Waals surface area (Å²) in [6.45, 7) is 11.9. The van der Waals surface area contributed by atoms with E-state index in [9.17, 15) is 14.4 Å². The van der Waals surface area contributed by atoms with Crippen LogP contribution >= 0.6 is 0 Å². The molecule has 5 heteroatoms. The van der Waals surface area contributed by atoms with Crippen LogP contribution in [0.2, 0.25) is 0 Å². The molecule has 0 radical (unpaired) electrons. The highest BCUT2D eigenvalue weighted by Gasteiger charge is 2.66. The zero-order valence-corrected chi connectivity index (χ0v) is 21.6. The molecule has 4 aliphatic carbocycles. The standard InChI is InChI=1S/C29H40O5/c1-15(2)11-23(31)27-16(3)26-24(34-27)13-22-20-8-7-18-12-19(33-17(4)30)9-10-28(18,5)21(20)14-25(32)29(22,26)6/h11,18-22,24,27H,7-10,12-14H2,1-6H3/t18?,19-,20?,21?,22?,24-,27?,28-,29+/m0/s1. The molecule has 5 aliphatic rings. The monoisotopic (exact) mass is 468 g/mol. The van der Waals surface area contributed by atoms with Crippen LogP contribution in [0.15, 0.2) is 22.8 Å². The van der Waals surface area contributed by atoms with E-state index in [1.165, 1.54) is 6.92 Å². The van der Waals surface area contributed by atoms with Crippen molar-refractivity contribution < 1.29 is 23.9 Å². The molecule has 0 aromatic heterocycles. The highest BCUT2D eigenvalue weighted by Crippen LogP contribution is 2.68. The third-order valence-electron chi connectivity index (χ3n) is 10.4. The number of carbonyl (C=O) groups is 3. The van der Waals surface area contributed by atoms with Crippen LogP contribution in [0.25, 0.3) is 0 Å². The number of rotatable bonds is 3. The first-order chi connectivity index (χ1) is 16.0. The fraction of sp³-hybridized carbons (Fsp3) is 0.759. The van der Waals surface area contributed by atoms with E-state index < -0.39 is 11.5 Å². The molecule has 5 unspecified atom stereocenters. The number of hydrogen-bond acceptors (Lipinski definition) is 5. The van der Waals surface area contributed by atoms with Crippen molar-refractivity contribution in [3.05, 3.63) is 22.8 Å². The quantitative estimate of drug-likeness (QED) is 0.316. The summed E-state index contributed by atoms with van der Waals surface area (Å²) in [6, 6.07) is 0. The minimum atomic E-state index is -0.539. The molecule has 34 heavy (non-hydrogen) atoms. The van der Waals surface area contributed by atoms with Crippen molar-refractivity contribution in [2.24, 2.45) is 34.5 Å². The van der Waals surface area contributed by atoms with E-state index in [1.807, 2.05) is 20.8 Å². The Morgan fingerprint density at radius 2 is 1.79 bits per heavy atom. The second-order valence-corrected chi connectivity index (χ2v) is 12.5. The van der Waals surface area contributed by atoms with Gasteiger partial charge in [-0.25, -0.2) is 0 Å². The van der Waals surface area contributed by atoms with Gasteiger partial charge in [-0.1, -0.05) is 12.5 Å². The Hall–Kier alpha value is -1.75. The predicted octanol–water partition coefficient (Wildman–Crippen LogP) is 5.37. The van der Waals surface area contributed by atoms with Crippen LogP contribution in [-0.2, 0) is 23.9 Å². The van der Waals surface area contributed by atoms with Crippen LogP contribution in [0.1, 0.15) is 86.5 Å². The molecule has 5 rings (SSSR count). The number of ketones is 2. The first kappa shape index (κ1) is 24.0. The molecule has 1 aliphatic heterocycles. The topological polar surface area (TPSA) is 69.7 Å². The average molecular weight is 469 g/mol. The van der Waals surface area contributed by atoms with Gasteiger partial charge in [0.2, 0.25) is 0 Å². The van der Waals surface area contributed by atoms with E-state index in [-0.39, 0.29) is 35.3 Å². The van der Waals surface area contributed by atoms with Crippen molar-refractivity contribution in [1.82, 2.24) is 0 Å². The first-order valence-corrected chi connectivity index (χ1v) is 13.2. The number of Topliss-reactive ketones (excluding diaryl/α,β-unsaturated/α-hetero) is 1. The normalized spacial score (nSPS) is 45.1. The largest absolute Gasteiger partial charge is 0.463 e. The molecular formula is C29H40O5. The molecule has 0 spiro atoms. The summed E-state index contributed by atoms with van der Waals surface area (Å²) >= 11 is 0. The van der Waals surface area contributed by atoms with Crippen LogP contribution in [0.5, 0.6) is 0 Å². The van der Waals surface area contributed by atoms with Gasteiger partial charge in [-0.05, 0) is 113 Å². The molecule has 1 heterocycles. The molecule has 4 fully saturated rings. The van der Waals surface area contributed by atoms with E-state index >= 15 is 0 Å². The van der Waals surface area contributed by atoms with Gasteiger partial charge in [0.05, 0.1) is 11.5 Å². The maximum Gasteiger partial charge on any atom is 0.302 e. The van der Waals surface area contributed by atoms with E-state index in [0.717, 1.165) is 55.2 Å².